The third-order valence-electron chi connectivity index (χ3n) is 12.3. The summed E-state index contributed by atoms with van der Waals surface area (Å²) in [5.74, 6) is -0.822. The van der Waals surface area contributed by atoms with Crippen LogP contribution in [0.25, 0.3) is 0 Å². The van der Waals surface area contributed by atoms with E-state index < -0.39 is 26.5 Å². The van der Waals surface area contributed by atoms with Crippen LogP contribution in [-0.4, -0.2) is 70.0 Å². The lowest BCUT2D eigenvalue weighted by Crippen LogP contribution is -2.37. The first-order valence-corrected chi connectivity index (χ1v) is 28.9. The molecule has 0 aliphatic heterocycles. The Morgan fingerprint density at radius 2 is 0.797 bits per heavy atom. The van der Waals surface area contributed by atoms with E-state index in [4.69, 9.17) is 18.5 Å². The summed E-state index contributed by atoms with van der Waals surface area (Å²) in [5.41, 5.74) is 0. The molecular formula is C54H106NO8P. The van der Waals surface area contributed by atoms with Gasteiger partial charge < -0.3 is 27.9 Å². The maximum absolute atomic E-state index is 12.7. The monoisotopic (exact) mass is 928 g/mol. The Labute approximate surface area is 396 Å². The number of phosphoric ester groups is 1. The van der Waals surface area contributed by atoms with Gasteiger partial charge in [-0.05, 0) is 38.5 Å². The van der Waals surface area contributed by atoms with Crippen LogP contribution in [0.4, 0.5) is 0 Å². The third kappa shape index (κ3) is 50.2. The summed E-state index contributed by atoms with van der Waals surface area (Å²) in [4.78, 5) is 37.6. The van der Waals surface area contributed by atoms with Crippen molar-refractivity contribution in [3.63, 3.8) is 0 Å². The number of hydrogen-bond donors (Lipinski definition) is 0. The predicted molar refractivity (Wildman–Crippen MR) is 268 cm³/mol. The number of carbonyl (C=O) groups excluding carboxylic acids is 2. The molecule has 0 saturated heterocycles. The fourth-order valence-electron chi connectivity index (χ4n) is 8.01. The Hall–Kier alpha value is -1.25. The number of rotatable bonds is 51. The average Bonchev–Trinajstić information content (AvgIpc) is 3.25. The van der Waals surface area contributed by atoms with Gasteiger partial charge in [-0.3, -0.25) is 14.2 Å². The van der Waals surface area contributed by atoms with Crippen molar-refractivity contribution in [1.29, 1.82) is 0 Å². The van der Waals surface area contributed by atoms with Gasteiger partial charge in [0.05, 0.1) is 27.7 Å². The van der Waals surface area contributed by atoms with Gasteiger partial charge in [0.2, 0.25) is 0 Å². The van der Waals surface area contributed by atoms with E-state index in [0.717, 1.165) is 32.1 Å². The first-order valence-electron chi connectivity index (χ1n) is 27.4. The zero-order valence-electron chi connectivity index (χ0n) is 43.0. The molecule has 0 aromatic rings. The molecule has 9 nitrogen and oxygen atoms in total. The average molecular weight is 928 g/mol. The second kappa shape index (κ2) is 46.8. The Morgan fingerprint density at radius 3 is 1.16 bits per heavy atom. The molecule has 0 radical (unpaired) electrons. The highest BCUT2D eigenvalue weighted by atomic mass is 31.2. The highest BCUT2D eigenvalue weighted by molar-refractivity contribution is 7.45. The van der Waals surface area contributed by atoms with Crippen LogP contribution in [0.5, 0.6) is 0 Å². The van der Waals surface area contributed by atoms with Gasteiger partial charge in [-0.25, -0.2) is 0 Å². The number of esters is 2. The van der Waals surface area contributed by atoms with Gasteiger partial charge in [-0.2, -0.15) is 0 Å². The molecule has 0 aliphatic rings. The number of ether oxygens (including phenoxy) is 2. The Bertz CT molecular complexity index is 1100. The van der Waals surface area contributed by atoms with Gasteiger partial charge in [-0.1, -0.05) is 231 Å². The number of quaternary nitrogens is 1. The third-order valence-corrected chi connectivity index (χ3v) is 13.2. The summed E-state index contributed by atoms with van der Waals surface area (Å²) in [7, 11) is 1.18. The molecule has 64 heavy (non-hydrogen) atoms. The lowest BCUT2D eigenvalue weighted by Gasteiger charge is -2.28. The van der Waals surface area contributed by atoms with Gasteiger partial charge >= 0.3 is 11.9 Å². The summed E-state index contributed by atoms with van der Waals surface area (Å²) < 4.78 is 34.0. The zero-order chi connectivity index (χ0) is 47.1. The molecular weight excluding hydrogens is 822 g/mol. The van der Waals surface area contributed by atoms with Crippen molar-refractivity contribution >= 4 is 19.8 Å². The number of nitrogens with zero attached hydrogens (tertiary/aromatic N) is 1. The summed E-state index contributed by atoms with van der Waals surface area (Å²) >= 11 is 0. The summed E-state index contributed by atoms with van der Waals surface area (Å²) in [5, 5.41) is 0. The van der Waals surface area contributed by atoms with Crippen molar-refractivity contribution in [2.45, 2.75) is 277 Å². The molecule has 0 heterocycles. The highest BCUT2D eigenvalue weighted by Crippen LogP contribution is 2.38. The Morgan fingerprint density at radius 1 is 0.469 bits per heavy atom. The van der Waals surface area contributed by atoms with Crippen molar-refractivity contribution in [3.05, 3.63) is 12.2 Å². The largest absolute Gasteiger partial charge is 0.756 e. The van der Waals surface area contributed by atoms with E-state index >= 15 is 0 Å². The number of likely N-dealkylation sites (N-methyl/N-ethyl adjacent to an activating group) is 1. The first kappa shape index (κ1) is 62.8. The Balaban J connectivity index is 3.94. The van der Waals surface area contributed by atoms with E-state index in [1.54, 1.807) is 0 Å². The van der Waals surface area contributed by atoms with Gasteiger partial charge in [0.1, 0.15) is 19.8 Å². The van der Waals surface area contributed by atoms with E-state index in [2.05, 4.69) is 26.0 Å². The number of phosphoric acid groups is 1. The maximum Gasteiger partial charge on any atom is 0.306 e. The summed E-state index contributed by atoms with van der Waals surface area (Å²) in [6.07, 6.45) is 52.8. The van der Waals surface area contributed by atoms with E-state index in [1.165, 1.54) is 205 Å². The van der Waals surface area contributed by atoms with E-state index in [1.807, 2.05) is 21.1 Å². The molecule has 0 N–H and O–H groups in total. The molecule has 0 aliphatic carbocycles. The number of hydrogen-bond acceptors (Lipinski definition) is 8. The van der Waals surface area contributed by atoms with Crippen LogP contribution >= 0.6 is 7.82 Å². The number of carbonyl (C=O) groups is 2. The van der Waals surface area contributed by atoms with Crippen LogP contribution < -0.4 is 4.89 Å². The minimum absolute atomic E-state index is 0.0267. The quantitative estimate of drug-likeness (QED) is 0.0195. The van der Waals surface area contributed by atoms with Gasteiger partial charge in [0, 0.05) is 12.8 Å². The molecule has 0 saturated carbocycles. The zero-order valence-corrected chi connectivity index (χ0v) is 43.9. The molecule has 0 bridgehead atoms. The van der Waals surface area contributed by atoms with Crippen molar-refractivity contribution in [1.82, 2.24) is 0 Å². The fraction of sp³-hybridized carbons (Fsp3) is 0.926. The highest BCUT2D eigenvalue weighted by Gasteiger charge is 2.21. The standard InChI is InChI=1S/C54H106NO8P/c1-6-8-10-12-14-16-17-18-19-20-21-22-23-24-25-26-27-28-29-30-31-32-33-34-35-36-37-39-41-43-45-47-54(57)63-52(51-62-64(58,59)61-49-48-55(3,4)5)50-60-53(56)46-44-42-40-38-15-13-11-9-7-2/h20-21,52H,6-19,22-51H2,1-5H3/b21-20-. The first-order chi connectivity index (χ1) is 31.0. The minimum Gasteiger partial charge on any atom is -0.756 e. The van der Waals surface area contributed by atoms with Crippen LogP contribution in [0.3, 0.4) is 0 Å². The van der Waals surface area contributed by atoms with Crippen LogP contribution in [0.15, 0.2) is 12.2 Å². The predicted octanol–water partition coefficient (Wildman–Crippen LogP) is 15.8. The molecule has 380 valence electrons. The molecule has 2 unspecified atom stereocenters. The molecule has 10 heteroatoms. The molecule has 0 amide bonds. The summed E-state index contributed by atoms with van der Waals surface area (Å²) in [6, 6.07) is 0. The molecule has 0 fully saturated rings. The van der Waals surface area contributed by atoms with E-state index in [0.29, 0.717) is 17.4 Å². The van der Waals surface area contributed by atoms with Crippen molar-refractivity contribution in [2.75, 3.05) is 47.5 Å². The molecule has 0 rings (SSSR count). The van der Waals surface area contributed by atoms with Crippen LogP contribution in [0.2, 0.25) is 0 Å². The topological polar surface area (TPSA) is 111 Å². The lowest BCUT2D eigenvalue weighted by molar-refractivity contribution is -0.870. The van der Waals surface area contributed by atoms with Crippen molar-refractivity contribution in [3.8, 4) is 0 Å². The van der Waals surface area contributed by atoms with Gasteiger partial charge in [0.25, 0.3) is 7.82 Å². The van der Waals surface area contributed by atoms with Crippen LogP contribution in [0.1, 0.15) is 271 Å². The van der Waals surface area contributed by atoms with Crippen molar-refractivity contribution in [2.24, 2.45) is 0 Å². The second-order valence-electron chi connectivity index (χ2n) is 20.0. The van der Waals surface area contributed by atoms with E-state index in [9.17, 15) is 19.0 Å². The van der Waals surface area contributed by atoms with Gasteiger partial charge in [-0.15, -0.1) is 0 Å². The van der Waals surface area contributed by atoms with Crippen LogP contribution in [0, 0.1) is 0 Å². The van der Waals surface area contributed by atoms with Gasteiger partial charge in [0.15, 0.2) is 6.10 Å². The SMILES string of the molecule is CCCCCCCCCC/C=C\CCCCCCCCCCCCCCCCCCCCCC(=O)OC(COC(=O)CCCCCCCCCCC)COP(=O)([O-])OCC[N+](C)(C)C. The normalized spacial score (nSPS) is 13.4. The second-order valence-corrected chi connectivity index (χ2v) is 21.4. The van der Waals surface area contributed by atoms with E-state index in [-0.39, 0.29) is 32.0 Å². The lowest BCUT2D eigenvalue weighted by atomic mass is 10.0. The number of allylic oxidation sites excluding steroid dienone is 2. The smallest absolute Gasteiger partial charge is 0.306 e. The number of unbranched alkanes of at least 4 members (excludes halogenated alkanes) is 35. The molecule has 2 atom stereocenters. The summed E-state index contributed by atoms with van der Waals surface area (Å²) in [6.45, 7) is 4.25. The molecule has 0 aromatic carbocycles. The fourth-order valence-corrected chi connectivity index (χ4v) is 8.73. The molecule has 0 aromatic heterocycles. The molecule has 0 spiro atoms. The minimum atomic E-state index is -4.62. The van der Waals surface area contributed by atoms with Crippen LogP contribution in [-0.2, 0) is 32.7 Å². The van der Waals surface area contributed by atoms with Crippen molar-refractivity contribution < 1.29 is 42.1 Å². The Kier molecular flexibility index (Phi) is 45.9. The maximum atomic E-state index is 12.7.